The molecule has 14 heteroatoms. The minimum Gasteiger partial charge on any atom is -0.464 e. The molecular formula is C27H26Cl2N4O7S. The van der Waals surface area contributed by atoms with E-state index in [4.69, 9.17) is 27.9 Å². The Kier molecular flexibility index (Phi) is 9.36. The molecule has 0 atom stereocenters. The Morgan fingerprint density at radius 1 is 1.10 bits per heavy atom. The van der Waals surface area contributed by atoms with Gasteiger partial charge < -0.3 is 10.1 Å². The number of benzene rings is 3. The van der Waals surface area contributed by atoms with Gasteiger partial charge in [0.15, 0.2) is 0 Å². The monoisotopic (exact) mass is 620 g/mol. The van der Waals surface area contributed by atoms with Crippen LogP contribution in [0.2, 0.25) is 10.0 Å². The molecule has 2 amide bonds. The lowest BCUT2D eigenvalue weighted by atomic mass is 10.1. The summed E-state index contributed by atoms with van der Waals surface area (Å²) in [6, 6.07) is 13.6. The zero-order valence-electron chi connectivity index (χ0n) is 21.9. The maximum atomic E-state index is 13.7. The van der Waals surface area contributed by atoms with Crippen LogP contribution in [0.15, 0.2) is 65.6 Å². The molecule has 0 bridgehead atoms. The molecule has 0 saturated heterocycles. The van der Waals surface area contributed by atoms with Crippen LogP contribution in [0, 0.1) is 10.1 Å². The lowest BCUT2D eigenvalue weighted by molar-refractivity contribution is -0.384. The van der Waals surface area contributed by atoms with E-state index in [9.17, 15) is 28.1 Å². The highest BCUT2D eigenvalue weighted by molar-refractivity contribution is 7.92. The number of nitro benzene ring substituents is 1. The lowest BCUT2D eigenvalue weighted by Gasteiger charge is -2.25. The van der Waals surface area contributed by atoms with Crippen LogP contribution in [-0.2, 0) is 26.0 Å². The maximum Gasteiger partial charge on any atom is 0.326 e. The molecule has 3 aromatic rings. The number of urea groups is 1. The number of hydrogen-bond donors (Lipinski definition) is 1. The molecule has 1 N–H and O–H groups in total. The molecule has 0 spiro atoms. The molecule has 0 radical (unpaired) electrons. The molecule has 0 aromatic heterocycles. The predicted octanol–water partition coefficient (Wildman–Crippen LogP) is 6.03. The van der Waals surface area contributed by atoms with Crippen molar-refractivity contribution >= 4 is 68.0 Å². The van der Waals surface area contributed by atoms with E-state index in [-0.39, 0.29) is 45.2 Å². The number of halogens is 2. The van der Waals surface area contributed by atoms with E-state index in [0.29, 0.717) is 24.1 Å². The van der Waals surface area contributed by atoms with E-state index < -0.39 is 33.5 Å². The number of rotatable bonds is 10. The third-order valence-corrected chi connectivity index (χ3v) is 8.45. The molecule has 0 saturated carbocycles. The van der Waals surface area contributed by atoms with Crippen molar-refractivity contribution in [3.63, 3.8) is 0 Å². The van der Waals surface area contributed by atoms with Crippen molar-refractivity contribution in [3.8, 4) is 0 Å². The molecule has 1 aliphatic heterocycles. The smallest absolute Gasteiger partial charge is 0.326 e. The molecule has 0 aliphatic carbocycles. The predicted molar refractivity (Wildman–Crippen MR) is 156 cm³/mol. The topological polar surface area (TPSA) is 139 Å². The molecule has 0 unspecified atom stereocenters. The third-order valence-electron chi connectivity index (χ3n) is 6.26. The summed E-state index contributed by atoms with van der Waals surface area (Å²) in [5, 5.41) is 13.9. The van der Waals surface area contributed by atoms with Crippen molar-refractivity contribution in [1.82, 2.24) is 0 Å². The molecule has 4 rings (SSSR count). The number of nitrogens with zero attached hydrogens (tertiary/aromatic N) is 3. The second kappa shape index (κ2) is 12.8. The van der Waals surface area contributed by atoms with Crippen LogP contribution in [0.25, 0.3) is 0 Å². The number of fused-ring (bicyclic) bond motifs is 1. The fourth-order valence-corrected chi connectivity index (χ4v) is 6.38. The molecule has 3 aromatic carbocycles. The normalized spacial score (nSPS) is 12.5. The Hall–Kier alpha value is -3.87. The van der Waals surface area contributed by atoms with E-state index >= 15 is 0 Å². The van der Waals surface area contributed by atoms with E-state index in [1.54, 1.807) is 12.1 Å². The number of carbonyl (C=O) groups excluding carboxylic acids is 2. The number of ether oxygens (including phenoxy) is 1. The molecule has 0 fully saturated rings. The van der Waals surface area contributed by atoms with Crippen LogP contribution in [0.4, 0.5) is 27.5 Å². The van der Waals surface area contributed by atoms with Gasteiger partial charge in [0.25, 0.3) is 15.7 Å². The summed E-state index contributed by atoms with van der Waals surface area (Å²) in [5.41, 5.74) is 1.48. The third kappa shape index (κ3) is 7.07. The van der Waals surface area contributed by atoms with Gasteiger partial charge in [0.05, 0.1) is 22.1 Å². The fourth-order valence-electron chi connectivity index (χ4n) is 4.26. The molecule has 1 heterocycles. The van der Waals surface area contributed by atoms with Gasteiger partial charge in [0.2, 0.25) is 0 Å². The Labute approximate surface area is 246 Å². The number of unbranched alkanes of at least 4 members (excludes halogenated alkanes) is 1. The van der Waals surface area contributed by atoms with Crippen molar-refractivity contribution in [1.29, 1.82) is 0 Å². The summed E-state index contributed by atoms with van der Waals surface area (Å²) in [6.07, 6.45) is 1.84. The number of sulfonamides is 1. The van der Waals surface area contributed by atoms with Gasteiger partial charge in [-0.05, 0) is 60.9 Å². The van der Waals surface area contributed by atoms with Gasteiger partial charge in [-0.3, -0.25) is 24.1 Å². The van der Waals surface area contributed by atoms with Gasteiger partial charge in [-0.25, -0.2) is 13.2 Å². The summed E-state index contributed by atoms with van der Waals surface area (Å²) in [7, 11) is -4.31. The van der Waals surface area contributed by atoms with Gasteiger partial charge in [-0.2, -0.15) is 0 Å². The zero-order valence-corrected chi connectivity index (χ0v) is 24.2. The summed E-state index contributed by atoms with van der Waals surface area (Å²) in [5.74, 6) is -0.728. The van der Waals surface area contributed by atoms with Gasteiger partial charge in [-0.1, -0.05) is 42.6 Å². The number of carbonyl (C=O) groups is 2. The van der Waals surface area contributed by atoms with E-state index in [1.165, 1.54) is 53.4 Å². The molecule has 216 valence electrons. The molecular weight excluding hydrogens is 595 g/mol. The summed E-state index contributed by atoms with van der Waals surface area (Å²) in [6.45, 7) is 1.79. The molecule has 41 heavy (non-hydrogen) atoms. The minimum atomic E-state index is -4.31. The van der Waals surface area contributed by atoms with Crippen LogP contribution >= 0.6 is 23.2 Å². The van der Waals surface area contributed by atoms with Crippen molar-refractivity contribution in [2.45, 2.75) is 31.1 Å². The van der Waals surface area contributed by atoms with Gasteiger partial charge in [-0.15, -0.1) is 0 Å². The summed E-state index contributed by atoms with van der Waals surface area (Å²) >= 11 is 12.1. The zero-order chi connectivity index (χ0) is 29.7. The molecule has 11 nitrogen and oxygen atoms in total. The van der Waals surface area contributed by atoms with Crippen molar-refractivity contribution < 1.29 is 27.7 Å². The molecule has 1 aliphatic rings. The van der Waals surface area contributed by atoms with Gasteiger partial charge in [0, 0.05) is 40.1 Å². The lowest BCUT2D eigenvalue weighted by Crippen LogP contribution is -2.37. The number of hydrogen-bond acceptors (Lipinski definition) is 7. The van der Waals surface area contributed by atoms with Crippen molar-refractivity contribution in [2.75, 3.05) is 34.2 Å². The van der Waals surface area contributed by atoms with E-state index in [1.807, 2.05) is 6.92 Å². The van der Waals surface area contributed by atoms with E-state index in [2.05, 4.69) is 5.32 Å². The average molecular weight is 621 g/mol. The highest BCUT2D eigenvalue weighted by atomic mass is 35.5. The Bertz CT molecular complexity index is 1580. The summed E-state index contributed by atoms with van der Waals surface area (Å²) in [4.78, 5) is 37.4. The SMILES string of the molecule is CCCCOC(=O)CN(c1ccc2c(c1)CCN2C(=O)Nc1cccc([N+](=O)[O-])c1)S(=O)(=O)c1cc(Cl)cc(Cl)c1. The number of nitro groups is 1. The van der Waals surface area contributed by atoms with Crippen molar-refractivity contribution in [2.24, 2.45) is 0 Å². The van der Waals surface area contributed by atoms with Crippen LogP contribution in [0.1, 0.15) is 25.3 Å². The van der Waals surface area contributed by atoms with Gasteiger partial charge in [0.1, 0.15) is 6.54 Å². The quantitative estimate of drug-likeness (QED) is 0.126. The first kappa shape index (κ1) is 30.1. The summed E-state index contributed by atoms with van der Waals surface area (Å²) < 4.78 is 33.6. The minimum absolute atomic E-state index is 0.112. The first-order valence-corrected chi connectivity index (χ1v) is 14.8. The first-order chi connectivity index (χ1) is 19.5. The Morgan fingerprint density at radius 2 is 1.83 bits per heavy atom. The highest BCUT2D eigenvalue weighted by Gasteiger charge is 2.31. The van der Waals surface area contributed by atoms with Crippen molar-refractivity contribution in [3.05, 3.63) is 86.4 Å². The first-order valence-electron chi connectivity index (χ1n) is 12.6. The Morgan fingerprint density at radius 3 is 2.51 bits per heavy atom. The largest absolute Gasteiger partial charge is 0.464 e. The second-order valence-electron chi connectivity index (χ2n) is 9.14. The van der Waals surface area contributed by atoms with Crippen LogP contribution in [0.5, 0.6) is 0 Å². The average Bonchev–Trinajstić information content (AvgIpc) is 3.35. The van der Waals surface area contributed by atoms with Crippen LogP contribution in [0.3, 0.4) is 0 Å². The fraction of sp³-hybridized carbons (Fsp3) is 0.259. The second-order valence-corrected chi connectivity index (χ2v) is 11.9. The highest BCUT2D eigenvalue weighted by Crippen LogP contribution is 2.35. The standard InChI is InChI=1S/C27H26Cl2N4O7S/c1-2-3-11-40-26(34)17-32(41(38,39)24-14-19(28)13-20(29)15-24)22-7-8-25-18(12-22)9-10-31(25)27(35)30-21-5-4-6-23(16-21)33(36)37/h4-8,12-16H,2-3,9-11,17H2,1H3,(H,30,35). The number of non-ortho nitro benzene ring substituents is 1. The number of esters is 1. The van der Waals surface area contributed by atoms with Crippen LogP contribution < -0.4 is 14.5 Å². The number of amides is 2. The van der Waals surface area contributed by atoms with E-state index in [0.717, 1.165) is 10.7 Å². The van der Waals surface area contributed by atoms with Gasteiger partial charge >= 0.3 is 12.0 Å². The maximum absolute atomic E-state index is 13.7. The number of nitrogens with one attached hydrogen (secondary N) is 1. The van der Waals surface area contributed by atoms with Crippen LogP contribution in [-0.4, -0.2) is 45.0 Å². The Balaban J connectivity index is 1.63. The number of anilines is 3.